The molecule has 1 aliphatic rings. The Labute approximate surface area is 180 Å². The van der Waals surface area contributed by atoms with Crippen molar-refractivity contribution in [2.45, 2.75) is 26.8 Å². The van der Waals surface area contributed by atoms with Crippen LogP contribution >= 0.6 is 11.6 Å². The number of nitrogens with zero attached hydrogens (tertiary/aromatic N) is 3. The van der Waals surface area contributed by atoms with E-state index in [1.807, 2.05) is 31.2 Å². The Morgan fingerprint density at radius 3 is 2.57 bits per heavy atom. The van der Waals surface area contributed by atoms with Gasteiger partial charge in [0.25, 0.3) is 5.91 Å². The third-order valence-corrected chi connectivity index (χ3v) is 5.53. The highest BCUT2D eigenvalue weighted by atomic mass is 35.5. The van der Waals surface area contributed by atoms with Crippen molar-refractivity contribution in [3.8, 4) is 5.69 Å². The maximum Gasteiger partial charge on any atom is 0.359 e. The summed E-state index contributed by atoms with van der Waals surface area (Å²) in [5.74, 6) is -0.643. The lowest BCUT2D eigenvalue weighted by Gasteiger charge is -2.28. The number of hydrogen-bond acceptors (Lipinski definition) is 4. The number of halogens is 1. The van der Waals surface area contributed by atoms with Crippen molar-refractivity contribution in [2.24, 2.45) is 0 Å². The van der Waals surface area contributed by atoms with Crippen LogP contribution in [0.15, 0.2) is 48.5 Å². The number of carbonyl (C=O) groups excluding carboxylic acids is 2. The van der Waals surface area contributed by atoms with Crippen LogP contribution in [-0.4, -0.2) is 39.7 Å². The maximum atomic E-state index is 13.0. The molecule has 0 atom stereocenters. The Hall–Kier alpha value is -3.12. The van der Waals surface area contributed by atoms with Gasteiger partial charge in [-0.2, -0.15) is 5.10 Å². The number of amides is 1. The fourth-order valence-corrected chi connectivity index (χ4v) is 3.88. The van der Waals surface area contributed by atoms with Gasteiger partial charge in [-0.05, 0) is 38.1 Å². The second kappa shape index (κ2) is 8.32. The van der Waals surface area contributed by atoms with E-state index in [-0.39, 0.29) is 24.8 Å². The monoisotopic (exact) mass is 423 g/mol. The number of benzene rings is 2. The van der Waals surface area contributed by atoms with Crippen LogP contribution in [0.5, 0.6) is 0 Å². The normalized spacial score (nSPS) is 13.1. The summed E-state index contributed by atoms with van der Waals surface area (Å²) in [6, 6.07) is 14.9. The molecule has 2 aromatic carbocycles. The quantitative estimate of drug-likeness (QED) is 0.589. The highest BCUT2D eigenvalue weighted by Gasteiger charge is 2.32. The fourth-order valence-electron chi connectivity index (χ4n) is 3.66. The molecule has 3 aromatic rings. The number of carbonyl (C=O) groups is 2. The molecule has 4 rings (SSSR count). The summed E-state index contributed by atoms with van der Waals surface area (Å²) < 4.78 is 7.01. The molecular formula is C23H22ClN3O3. The van der Waals surface area contributed by atoms with E-state index in [2.05, 4.69) is 5.10 Å². The summed E-state index contributed by atoms with van der Waals surface area (Å²) in [5.41, 5.74) is 4.36. The third kappa shape index (κ3) is 3.71. The van der Waals surface area contributed by atoms with E-state index < -0.39 is 5.97 Å². The molecule has 0 N–H and O–H groups in total. The average Bonchev–Trinajstić information content (AvgIpc) is 3.13. The van der Waals surface area contributed by atoms with E-state index in [1.165, 1.54) is 0 Å². The zero-order valence-corrected chi connectivity index (χ0v) is 17.6. The molecular weight excluding hydrogens is 402 g/mol. The van der Waals surface area contributed by atoms with Gasteiger partial charge in [0.05, 0.1) is 35.1 Å². The van der Waals surface area contributed by atoms with E-state index in [0.717, 1.165) is 22.5 Å². The Balaban J connectivity index is 1.73. The molecule has 1 aliphatic heterocycles. The topological polar surface area (TPSA) is 64.4 Å². The second-order valence-corrected chi connectivity index (χ2v) is 7.61. The summed E-state index contributed by atoms with van der Waals surface area (Å²) in [7, 11) is 0. The standard InChI is InChI=1S/C23H22ClN3O3/c1-3-30-23(29)21-18-14-26(22(28)17-6-4-5-7-19(17)24)13-12-20(18)27(25-21)16-10-8-15(2)9-11-16/h4-11H,3,12-14H2,1-2H3. The van der Waals surface area contributed by atoms with Gasteiger partial charge < -0.3 is 9.64 Å². The molecule has 7 heteroatoms. The summed E-state index contributed by atoms with van der Waals surface area (Å²) in [6.45, 7) is 4.82. The highest BCUT2D eigenvalue weighted by Crippen LogP contribution is 2.28. The van der Waals surface area contributed by atoms with Gasteiger partial charge in [0, 0.05) is 18.5 Å². The van der Waals surface area contributed by atoms with Gasteiger partial charge in [0.15, 0.2) is 5.69 Å². The average molecular weight is 424 g/mol. The number of aromatic nitrogens is 2. The Morgan fingerprint density at radius 1 is 1.13 bits per heavy atom. The van der Waals surface area contributed by atoms with E-state index in [1.54, 1.807) is 40.8 Å². The molecule has 0 aliphatic carbocycles. The first kappa shape index (κ1) is 20.2. The first-order valence-electron chi connectivity index (χ1n) is 9.88. The van der Waals surface area contributed by atoms with Gasteiger partial charge >= 0.3 is 5.97 Å². The van der Waals surface area contributed by atoms with Crippen LogP contribution in [-0.2, 0) is 17.7 Å². The molecule has 0 saturated heterocycles. The SMILES string of the molecule is CCOC(=O)c1nn(-c2ccc(C)cc2)c2c1CN(C(=O)c1ccccc1Cl)CC2. The minimum absolute atomic E-state index is 0.163. The maximum absolute atomic E-state index is 13.0. The minimum atomic E-state index is -0.480. The Kier molecular flexibility index (Phi) is 5.59. The van der Waals surface area contributed by atoms with Gasteiger partial charge in [-0.25, -0.2) is 9.48 Å². The minimum Gasteiger partial charge on any atom is -0.461 e. The van der Waals surface area contributed by atoms with E-state index in [4.69, 9.17) is 16.3 Å². The zero-order valence-electron chi connectivity index (χ0n) is 16.9. The predicted octanol–water partition coefficient (Wildman–Crippen LogP) is 4.21. The number of fused-ring (bicyclic) bond motifs is 1. The van der Waals surface area contributed by atoms with Gasteiger partial charge in [0.1, 0.15) is 0 Å². The molecule has 1 aromatic heterocycles. The van der Waals surface area contributed by atoms with Crippen molar-refractivity contribution >= 4 is 23.5 Å². The number of esters is 1. The van der Waals surface area contributed by atoms with Gasteiger partial charge in [-0.1, -0.05) is 41.4 Å². The van der Waals surface area contributed by atoms with Crippen LogP contribution in [0.2, 0.25) is 5.02 Å². The predicted molar refractivity (Wildman–Crippen MR) is 114 cm³/mol. The Bertz CT molecular complexity index is 1110. The molecule has 0 unspecified atom stereocenters. The molecule has 0 radical (unpaired) electrons. The molecule has 6 nitrogen and oxygen atoms in total. The molecule has 0 saturated carbocycles. The van der Waals surface area contributed by atoms with E-state index >= 15 is 0 Å². The molecule has 1 amide bonds. The third-order valence-electron chi connectivity index (χ3n) is 5.20. The first-order valence-corrected chi connectivity index (χ1v) is 10.3. The zero-order chi connectivity index (χ0) is 21.3. The second-order valence-electron chi connectivity index (χ2n) is 7.20. The lowest BCUT2D eigenvalue weighted by molar-refractivity contribution is 0.0513. The number of ether oxygens (including phenoxy) is 1. The van der Waals surface area contributed by atoms with Crippen LogP contribution in [0.1, 0.15) is 44.6 Å². The lowest BCUT2D eigenvalue weighted by atomic mass is 10.0. The van der Waals surface area contributed by atoms with Gasteiger partial charge in [-0.15, -0.1) is 0 Å². The summed E-state index contributed by atoms with van der Waals surface area (Å²) in [4.78, 5) is 27.3. The van der Waals surface area contributed by atoms with Crippen LogP contribution in [0.3, 0.4) is 0 Å². The van der Waals surface area contributed by atoms with Crippen molar-refractivity contribution in [3.05, 3.63) is 81.6 Å². The van der Waals surface area contributed by atoms with Crippen molar-refractivity contribution in [3.63, 3.8) is 0 Å². The largest absolute Gasteiger partial charge is 0.461 e. The fraction of sp³-hybridized carbons (Fsp3) is 0.261. The van der Waals surface area contributed by atoms with Crippen molar-refractivity contribution in [1.82, 2.24) is 14.7 Å². The lowest BCUT2D eigenvalue weighted by Crippen LogP contribution is -2.37. The number of aryl methyl sites for hydroxylation is 1. The summed E-state index contributed by atoms with van der Waals surface area (Å²) in [6.07, 6.45) is 0.575. The van der Waals surface area contributed by atoms with E-state index in [0.29, 0.717) is 23.6 Å². The molecule has 2 heterocycles. The van der Waals surface area contributed by atoms with E-state index in [9.17, 15) is 9.59 Å². The summed E-state index contributed by atoms with van der Waals surface area (Å²) >= 11 is 6.22. The smallest absolute Gasteiger partial charge is 0.359 e. The van der Waals surface area contributed by atoms with Gasteiger partial charge in [0.2, 0.25) is 0 Å². The highest BCUT2D eigenvalue weighted by molar-refractivity contribution is 6.33. The molecule has 0 fully saturated rings. The van der Waals surface area contributed by atoms with Crippen LogP contribution in [0.4, 0.5) is 0 Å². The first-order chi connectivity index (χ1) is 14.5. The molecule has 0 bridgehead atoms. The molecule has 30 heavy (non-hydrogen) atoms. The summed E-state index contributed by atoms with van der Waals surface area (Å²) in [5, 5.41) is 4.98. The van der Waals surface area contributed by atoms with Gasteiger partial charge in [-0.3, -0.25) is 4.79 Å². The van der Waals surface area contributed by atoms with Crippen molar-refractivity contribution < 1.29 is 14.3 Å². The molecule has 0 spiro atoms. The van der Waals surface area contributed by atoms with Crippen LogP contribution < -0.4 is 0 Å². The number of hydrogen-bond donors (Lipinski definition) is 0. The molecule has 154 valence electrons. The van der Waals surface area contributed by atoms with Crippen LogP contribution in [0.25, 0.3) is 5.69 Å². The van der Waals surface area contributed by atoms with Crippen molar-refractivity contribution in [1.29, 1.82) is 0 Å². The number of rotatable bonds is 4. The van der Waals surface area contributed by atoms with Crippen molar-refractivity contribution in [2.75, 3.05) is 13.2 Å². The van der Waals surface area contributed by atoms with Crippen LogP contribution in [0, 0.1) is 6.92 Å². The Morgan fingerprint density at radius 2 is 1.87 bits per heavy atom.